The Hall–Kier alpha value is -0.600. The Morgan fingerprint density at radius 1 is 1.36 bits per heavy atom. The first kappa shape index (κ1) is 13.4. The van der Waals surface area contributed by atoms with Crippen LogP contribution in [-0.4, -0.2) is 26.5 Å². The Bertz CT molecular complexity index is 301. The van der Waals surface area contributed by atoms with Gasteiger partial charge in [-0.3, -0.25) is 0 Å². The van der Waals surface area contributed by atoms with Crippen LogP contribution in [0.3, 0.4) is 0 Å². The molecule has 14 heavy (non-hydrogen) atoms. The van der Waals surface area contributed by atoms with Crippen LogP contribution in [0.15, 0.2) is 0 Å². The summed E-state index contributed by atoms with van der Waals surface area (Å²) in [6.07, 6.45) is 0.881. The quantitative estimate of drug-likeness (QED) is 0.711. The average molecular weight is 218 g/mol. The van der Waals surface area contributed by atoms with Crippen molar-refractivity contribution in [2.24, 2.45) is 11.1 Å². The van der Waals surface area contributed by atoms with Gasteiger partial charge in [0, 0.05) is 0 Å². The van der Waals surface area contributed by atoms with Crippen molar-refractivity contribution < 1.29 is 8.42 Å². The maximum atomic E-state index is 11.4. The lowest BCUT2D eigenvalue weighted by molar-refractivity contribution is 0.473. The van der Waals surface area contributed by atoms with Crippen molar-refractivity contribution >= 4 is 9.84 Å². The highest BCUT2D eigenvalue weighted by Gasteiger charge is 2.20. The second-order valence-corrected chi connectivity index (χ2v) is 6.34. The van der Waals surface area contributed by atoms with E-state index in [2.05, 4.69) is 6.07 Å². The summed E-state index contributed by atoms with van der Waals surface area (Å²) in [6.45, 7) is 3.87. The molecule has 0 aromatic heterocycles. The topological polar surface area (TPSA) is 84.0 Å². The molecule has 0 aliphatic heterocycles. The summed E-state index contributed by atoms with van der Waals surface area (Å²) in [6, 6.07) is 2.08. The summed E-state index contributed by atoms with van der Waals surface area (Å²) in [5, 5.41) is 8.70. The van der Waals surface area contributed by atoms with Gasteiger partial charge in [0.2, 0.25) is 0 Å². The monoisotopic (exact) mass is 218 g/mol. The van der Waals surface area contributed by atoms with Crippen LogP contribution in [0.2, 0.25) is 0 Å². The predicted molar refractivity (Wildman–Crippen MR) is 56.3 cm³/mol. The second-order valence-electron chi connectivity index (χ2n) is 4.04. The highest BCUT2D eigenvalue weighted by atomic mass is 32.2. The van der Waals surface area contributed by atoms with Gasteiger partial charge in [0.05, 0.1) is 23.0 Å². The van der Waals surface area contributed by atoms with Gasteiger partial charge in [-0.1, -0.05) is 0 Å². The SMILES string of the molecule is CC(C)(C#N)CCS(=O)(=O)CCCN. The summed E-state index contributed by atoms with van der Waals surface area (Å²) in [4.78, 5) is 0. The van der Waals surface area contributed by atoms with E-state index < -0.39 is 15.3 Å². The van der Waals surface area contributed by atoms with Crippen LogP contribution in [0.1, 0.15) is 26.7 Å². The number of rotatable bonds is 6. The Balaban J connectivity index is 4.08. The lowest BCUT2D eigenvalue weighted by Crippen LogP contribution is -2.19. The van der Waals surface area contributed by atoms with Gasteiger partial charge in [0.1, 0.15) is 9.84 Å². The van der Waals surface area contributed by atoms with Crippen LogP contribution < -0.4 is 5.73 Å². The van der Waals surface area contributed by atoms with Crippen LogP contribution in [0, 0.1) is 16.7 Å². The summed E-state index contributed by atoms with van der Waals surface area (Å²) in [5.41, 5.74) is 4.67. The molecule has 0 rings (SSSR count). The van der Waals surface area contributed by atoms with E-state index in [0.29, 0.717) is 19.4 Å². The molecule has 4 nitrogen and oxygen atoms in total. The molecule has 0 heterocycles. The third kappa shape index (κ3) is 5.95. The lowest BCUT2D eigenvalue weighted by atomic mass is 9.93. The molecule has 82 valence electrons. The molecule has 0 radical (unpaired) electrons. The Morgan fingerprint density at radius 2 is 1.93 bits per heavy atom. The molecular weight excluding hydrogens is 200 g/mol. The van der Waals surface area contributed by atoms with Crippen molar-refractivity contribution in [1.29, 1.82) is 5.26 Å². The predicted octanol–water partition coefficient (Wildman–Crippen LogP) is 0.690. The number of nitriles is 1. The van der Waals surface area contributed by atoms with Gasteiger partial charge in [-0.2, -0.15) is 5.26 Å². The standard InChI is InChI=1S/C9H18N2O2S/c1-9(2,8-11)4-7-14(12,13)6-3-5-10/h3-7,10H2,1-2H3. The summed E-state index contributed by atoms with van der Waals surface area (Å²) < 4.78 is 22.8. The van der Waals surface area contributed by atoms with Gasteiger partial charge < -0.3 is 5.73 Å². The fraction of sp³-hybridized carbons (Fsp3) is 0.889. The van der Waals surface area contributed by atoms with Gasteiger partial charge in [-0.15, -0.1) is 0 Å². The second kappa shape index (κ2) is 5.32. The van der Waals surface area contributed by atoms with E-state index in [-0.39, 0.29) is 11.5 Å². The van der Waals surface area contributed by atoms with Crippen molar-refractivity contribution in [2.45, 2.75) is 26.7 Å². The number of hydrogen-bond acceptors (Lipinski definition) is 4. The van der Waals surface area contributed by atoms with E-state index in [0.717, 1.165) is 0 Å². The van der Waals surface area contributed by atoms with E-state index >= 15 is 0 Å². The molecule has 0 amide bonds. The van der Waals surface area contributed by atoms with E-state index in [9.17, 15) is 8.42 Å². The number of nitrogens with two attached hydrogens (primary N) is 1. The van der Waals surface area contributed by atoms with Gasteiger partial charge >= 0.3 is 0 Å². The third-order valence-electron chi connectivity index (χ3n) is 2.00. The number of nitrogens with zero attached hydrogens (tertiary/aromatic N) is 1. The first-order valence-corrected chi connectivity index (χ1v) is 6.47. The van der Waals surface area contributed by atoms with Gasteiger partial charge in [0.25, 0.3) is 0 Å². The minimum absolute atomic E-state index is 0.0769. The van der Waals surface area contributed by atoms with Crippen LogP contribution in [0.5, 0.6) is 0 Å². The Labute approximate surface area is 86.0 Å². The molecule has 0 atom stereocenters. The smallest absolute Gasteiger partial charge is 0.150 e. The third-order valence-corrected chi connectivity index (χ3v) is 3.74. The van der Waals surface area contributed by atoms with E-state index in [1.807, 2.05) is 0 Å². The minimum Gasteiger partial charge on any atom is -0.330 e. The summed E-state index contributed by atoms with van der Waals surface area (Å²) in [7, 11) is -3.02. The Kier molecular flexibility index (Phi) is 5.09. The van der Waals surface area contributed by atoms with Crippen LogP contribution in [-0.2, 0) is 9.84 Å². The zero-order chi connectivity index (χ0) is 11.2. The van der Waals surface area contributed by atoms with Crippen LogP contribution in [0.4, 0.5) is 0 Å². The first-order chi connectivity index (χ1) is 6.33. The molecule has 0 unspecified atom stereocenters. The molecule has 0 aromatic carbocycles. The highest BCUT2D eigenvalue weighted by Crippen LogP contribution is 2.19. The van der Waals surface area contributed by atoms with Gasteiger partial charge in [-0.25, -0.2) is 8.42 Å². The molecular formula is C9H18N2O2S. The molecule has 0 aliphatic carbocycles. The molecule has 0 saturated heterocycles. The van der Waals surface area contributed by atoms with E-state index in [1.165, 1.54) is 0 Å². The van der Waals surface area contributed by atoms with Crippen LogP contribution in [0.25, 0.3) is 0 Å². The largest absolute Gasteiger partial charge is 0.330 e. The Morgan fingerprint density at radius 3 is 2.36 bits per heavy atom. The lowest BCUT2D eigenvalue weighted by Gasteiger charge is -2.14. The summed E-state index contributed by atoms with van der Waals surface area (Å²) in [5.74, 6) is 0.207. The highest BCUT2D eigenvalue weighted by molar-refractivity contribution is 7.91. The molecule has 0 spiro atoms. The maximum absolute atomic E-state index is 11.4. The average Bonchev–Trinajstić information content (AvgIpc) is 2.12. The molecule has 0 saturated carbocycles. The molecule has 5 heteroatoms. The first-order valence-electron chi connectivity index (χ1n) is 4.65. The molecule has 2 N–H and O–H groups in total. The van der Waals surface area contributed by atoms with E-state index in [4.69, 9.17) is 11.0 Å². The van der Waals surface area contributed by atoms with Crippen molar-refractivity contribution in [3.05, 3.63) is 0 Å². The zero-order valence-electron chi connectivity index (χ0n) is 8.78. The van der Waals surface area contributed by atoms with Crippen molar-refractivity contribution in [1.82, 2.24) is 0 Å². The minimum atomic E-state index is -3.02. The van der Waals surface area contributed by atoms with Crippen molar-refractivity contribution in [3.63, 3.8) is 0 Å². The number of sulfone groups is 1. The number of hydrogen-bond donors (Lipinski definition) is 1. The summed E-state index contributed by atoms with van der Waals surface area (Å²) >= 11 is 0. The van der Waals surface area contributed by atoms with Gasteiger partial charge in [0.15, 0.2) is 0 Å². The van der Waals surface area contributed by atoms with E-state index in [1.54, 1.807) is 13.8 Å². The van der Waals surface area contributed by atoms with Gasteiger partial charge in [-0.05, 0) is 33.2 Å². The molecule has 0 fully saturated rings. The fourth-order valence-corrected chi connectivity index (χ4v) is 2.50. The zero-order valence-corrected chi connectivity index (χ0v) is 9.60. The molecule has 0 aromatic rings. The van der Waals surface area contributed by atoms with Crippen LogP contribution >= 0.6 is 0 Å². The van der Waals surface area contributed by atoms with Crippen molar-refractivity contribution in [2.75, 3.05) is 18.1 Å². The molecule has 0 aliphatic rings. The molecule has 0 bridgehead atoms. The normalized spacial score (nSPS) is 12.4. The van der Waals surface area contributed by atoms with Crippen molar-refractivity contribution in [3.8, 4) is 6.07 Å². The fourth-order valence-electron chi connectivity index (χ4n) is 0.872. The maximum Gasteiger partial charge on any atom is 0.150 e.